The molecule has 70 valence electrons. The van der Waals surface area contributed by atoms with Crippen molar-refractivity contribution in [3.63, 3.8) is 0 Å². The van der Waals surface area contributed by atoms with Gasteiger partial charge in [0.15, 0.2) is 0 Å². The Kier molecular flexibility index (Phi) is 3.25. The van der Waals surface area contributed by atoms with Gasteiger partial charge in [-0.15, -0.1) is 0 Å². The third-order valence-corrected chi connectivity index (χ3v) is 2.25. The highest BCUT2D eigenvalue weighted by atomic mass is 79.9. The predicted molar refractivity (Wildman–Crippen MR) is 52.1 cm³/mol. The molecule has 1 aromatic rings. The Morgan fingerprint density at radius 3 is 3.08 bits per heavy atom. The van der Waals surface area contributed by atoms with Crippen LogP contribution < -0.4 is 5.73 Å². The maximum Gasteiger partial charge on any atom is 0.311 e. The molecule has 1 aromatic heterocycles. The first-order chi connectivity index (χ1) is 6.15. The Morgan fingerprint density at radius 2 is 2.46 bits per heavy atom. The van der Waals surface area contributed by atoms with Crippen molar-refractivity contribution in [1.29, 1.82) is 0 Å². The van der Waals surface area contributed by atoms with Gasteiger partial charge in [0, 0.05) is 10.7 Å². The molecule has 0 saturated carbocycles. The molecule has 0 aliphatic heterocycles. The van der Waals surface area contributed by atoms with E-state index in [1.54, 1.807) is 12.3 Å². The number of nitrogen functional groups attached to an aromatic ring is 1. The van der Waals surface area contributed by atoms with Crippen LogP contribution in [-0.2, 0) is 16.0 Å². The van der Waals surface area contributed by atoms with Gasteiger partial charge in [-0.1, -0.05) is 0 Å². The largest absolute Gasteiger partial charge is 0.469 e. The quantitative estimate of drug-likeness (QED) is 0.793. The SMILES string of the molecule is COC(=O)Cc1nccc(Br)c1N. The number of nitrogens with zero attached hydrogens (tertiary/aromatic N) is 1. The van der Waals surface area contributed by atoms with Crippen molar-refractivity contribution in [2.24, 2.45) is 0 Å². The monoisotopic (exact) mass is 244 g/mol. The number of pyridine rings is 1. The van der Waals surface area contributed by atoms with E-state index in [-0.39, 0.29) is 12.4 Å². The lowest BCUT2D eigenvalue weighted by atomic mass is 10.2. The van der Waals surface area contributed by atoms with E-state index >= 15 is 0 Å². The Bertz CT molecular complexity index is 328. The number of carbonyl (C=O) groups is 1. The van der Waals surface area contributed by atoms with E-state index in [1.165, 1.54) is 7.11 Å². The topological polar surface area (TPSA) is 65.2 Å². The van der Waals surface area contributed by atoms with Gasteiger partial charge in [-0.2, -0.15) is 0 Å². The molecule has 0 fully saturated rings. The van der Waals surface area contributed by atoms with Crippen LogP contribution >= 0.6 is 15.9 Å². The summed E-state index contributed by atoms with van der Waals surface area (Å²) in [6.45, 7) is 0. The number of aromatic nitrogens is 1. The van der Waals surface area contributed by atoms with Crippen molar-refractivity contribution in [2.45, 2.75) is 6.42 Å². The van der Waals surface area contributed by atoms with Crippen LogP contribution in [0.3, 0.4) is 0 Å². The first-order valence-electron chi connectivity index (χ1n) is 3.61. The zero-order valence-corrected chi connectivity index (χ0v) is 8.67. The average molecular weight is 245 g/mol. The van der Waals surface area contributed by atoms with E-state index in [2.05, 4.69) is 25.7 Å². The van der Waals surface area contributed by atoms with Crippen molar-refractivity contribution in [3.8, 4) is 0 Å². The Labute approximate surface area is 84.2 Å². The van der Waals surface area contributed by atoms with E-state index in [0.717, 1.165) is 4.47 Å². The molecule has 2 N–H and O–H groups in total. The van der Waals surface area contributed by atoms with Gasteiger partial charge in [0.25, 0.3) is 0 Å². The molecule has 13 heavy (non-hydrogen) atoms. The summed E-state index contributed by atoms with van der Waals surface area (Å²) in [5, 5.41) is 0. The summed E-state index contributed by atoms with van der Waals surface area (Å²) in [6, 6.07) is 1.72. The average Bonchev–Trinajstić information content (AvgIpc) is 2.13. The normalized spacial score (nSPS) is 9.69. The van der Waals surface area contributed by atoms with Gasteiger partial charge in [-0.25, -0.2) is 0 Å². The number of hydrogen-bond acceptors (Lipinski definition) is 4. The van der Waals surface area contributed by atoms with Crippen molar-refractivity contribution in [2.75, 3.05) is 12.8 Å². The fourth-order valence-corrected chi connectivity index (χ4v) is 1.19. The molecule has 1 heterocycles. The summed E-state index contributed by atoms with van der Waals surface area (Å²) in [6.07, 6.45) is 1.68. The molecular formula is C8H9BrN2O2. The second-order valence-electron chi connectivity index (χ2n) is 2.41. The van der Waals surface area contributed by atoms with Crippen LogP contribution in [0.2, 0.25) is 0 Å². The number of anilines is 1. The van der Waals surface area contributed by atoms with Gasteiger partial charge in [-0.05, 0) is 22.0 Å². The van der Waals surface area contributed by atoms with Crippen LogP contribution in [0.4, 0.5) is 5.69 Å². The molecule has 0 radical (unpaired) electrons. The lowest BCUT2D eigenvalue weighted by Crippen LogP contribution is -2.08. The summed E-state index contributed by atoms with van der Waals surface area (Å²) in [7, 11) is 1.33. The molecule has 0 spiro atoms. The van der Waals surface area contributed by atoms with Crippen molar-refractivity contribution >= 4 is 27.6 Å². The number of esters is 1. The molecule has 4 nitrogen and oxygen atoms in total. The van der Waals surface area contributed by atoms with Crippen LogP contribution in [0, 0.1) is 0 Å². The highest BCUT2D eigenvalue weighted by Gasteiger charge is 2.09. The lowest BCUT2D eigenvalue weighted by molar-refractivity contribution is -0.139. The molecule has 0 amide bonds. The van der Waals surface area contributed by atoms with Crippen molar-refractivity contribution in [3.05, 3.63) is 22.4 Å². The van der Waals surface area contributed by atoms with Crippen molar-refractivity contribution in [1.82, 2.24) is 4.98 Å². The van der Waals surface area contributed by atoms with Crippen LogP contribution in [0.5, 0.6) is 0 Å². The van der Waals surface area contributed by atoms with Crippen LogP contribution in [0.1, 0.15) is 5.69 Å². The molecule has 0 saturated heterocycles. The molecule has 0 aromatic carbocycles. The standard InChI is InChI=1S/C8H9BrN2O2/c1-13-7(12)4-6-8(10)5(9)2-3-11-6/h2-3H,4,10H2,1H3. The summed E-state index contributed by atoms with van der Waals surface area (Å²) in [5.74, 6) is -0.350. The molecular weight excluding hydrogens is 236 g/mol. The maximum atomic E-state index is 10.9. The highest BCUT2D eigenvalue weighted by molar-refractivity contribution is 9.10. The van der Waals surface area contributed by atoms with E-state index in [1.807, 2.05) is 0 Å². The maximum absolute atomic E-state index is 10.9. The molecule has 0 atom stereocenters. The van der Waals surface area contributed by atoms with Crippen LogP contribution in [0.15, 0.2) is 16.7 Å². The molecule has 5 heteroatoms. The zero-order valence-electron chi connectivity index (χ0n) is 7.08. The third-order valence-electron chi connectivity index (χ3n) is 1.56. The van der Waals surface area contributed by atoms with Crippen LogP contribution in [-0.4, -0.2) is 18.1 Å². The van der Waals surface area contributed by atoms with Crippen LogP contribution in [0.25, 0.3) is 0 Å². The fraction of sp³-hybridized carbons (Fsp3) is 0.250. The van der Waals surface area contributed by atoms with Gasteiger partial charge in [0.1, 0.15) is 0 Å². The van der Waals surface area contributed by atoms with Gasteiger partial charge >= 0.3 is 5.97 Å². The van der Waals surface area contributed by atoms with Crippen molar-refractivity contribution < 1.29 is 9.53 Å². The number of rotatable bonds is 2. The number of nitrogens with two attached hydrogens (primary N) is 1. The summed E-state index contributed by atoms with van der Waals surface area (Å²) in [4.78, 5) is 14.9. The minimum Gasteiger partial charge on any atom is -0.469 e. The number of hydrogen-bond donors (Lipinski definition) is 1. The minimum absolute atomic E-state index is 0.0990. The van der Waals surface area contributed by atoms with Gasteiger partial charge in [0.2, 0.25) is 0 Å². The predicted octanol–water partition coefficient (Wildman–Crippen LogP) is 1.14. The molecule has 0 unspecified atom stereocenters. The summed E-state index contributed by atoms with van der Waals surface area (Å²) >= 11 is 3.24. The van der Waals surface area contributed by atoms with E-state index in [9.17, 15) is 4.79 Å². The molecule has 0 aliphatic carbocycles. The summed E-state index contributed by atoms with van der Waals surface area (Å²) in [5.41, 5.74) is 6.68. The first kappa shape index (κ1) is 9.98. The number of ether oxygens (including phenoxy) is 1. The second-order valence-corrected chi connectivity index (χ2v) is 3.26. The fourth-order valence-electron chi connectivity index (χ4n) is 0.840. The Morgan fingerprint density at radius 1 is 1.77 bits per heavy atom. The number of halogens is 1. The zero-order chi connectivity index (χ0) is 9.84. The highest BCUT2D eigenvalue weighted by Crippen LogP contribution is 2.21. The van der Waals surface area contributed by atoms with E-state index in [0.29, 0.717) is 11.4 Å². The smallest absolute Gasteiger partial charge is 0.311 e. The minimum atomic E-state index is -0.350. The molecule has 1 rings (SSSR count). The lowest BCUT2D eigenvalue weighted by Gasteiger charge is -2.04. The van der Waals surface area contributed by atoms with Gasteiger partial charge < -0.3 is 10.5 Å². The molecule has 0 aliphatic rings. The second kappa shape index (κ2) is 4.23. The number of carbonyl (C=O) groups excluding carboxylic acids is 1. The third kappa shape index (κ3) is 2.42. The first-order valence-corrected chi connectivity index (χ1v) is 4.40. The van der Waals surface area contributed by atoms with Gasteiger partial charge in [-0.3, -0.25) is 9.78 Å². The van der Waals surface area contributed by atoms with Gasteiger partial charge in [0.05, 0.1) is 24.9 Å². The van der Waals surface area contributed by atoms with E-state index in [4.69, 9.17) is 5.73 Å². The number of methoxy groups -OCH3 is 1. The van der Waals surface area contributed by atoms with E-state index < -0.39 is 0 Å². The Balaban J connectivity index is 2.89. The summed E-state index contributed by atoms with van der Waals surface area (Å²) < 4.78 is 5.24. The Hall–Kier alpha value is -1.10. The molecule has 0 bridgehead atoms.